The fraction of sp³-hybridized carbons (Fsp3) is 0.714. The maximum atomic E-state index is 12.4. The third-order valence-electron chi connectivity index (χ3n) is 4.13. The maximum absolute atomic E-state index is 12.4. The lowest BCUT2D eigenvalue weighted by Gasteiger charge is -2.41. The Kier molecular flexibility index (Phi) is 4.26. The Morgan fingerprint density at radius 3 is 2.14 bits per heavy atom. The monoisotopic (exact) mass is 307 g/mol. The number of rotatable bonds is 4. The second-order valence-corrected chi connectivity index (χ2v) is 5.60. The fourth-order valence-electron chi connectivity index (χ4n) is 2.82. The van der Waals surface area contributed by atoms with Gasteiger partial charge >= 0.3 is 12.0 Å². The molecular weight excluding hydrogens is 286 g/mol. The second kappa shape index (κ2) is 6.33. The van der Waals surface area contributed by atoms with E-state index >= 15 is 0 Å². The van der Waals surface area contributed by atoms with Gasteiger partial charge in [0.25, 0.3) is 0 Å². The third-order valence-corrected chi connectivity index (χ3v) is 4.13. The minimum atomic E-state index is 0.0341. The van der Waals surface area contributed by atoms with Crippen molar-refractivity contribution in [1.29, 1.82) is 0 Å². The zero-order valence-corrected chi connectivity index (χ0v) is 13.0. The number of nitrogens with zero attached hydrogens (tertiary/aromatic N) is 5. The molecular formula is C14H21N5O3. The highest BCUT2D eigenvalue weighted by atomic mass is 16.5. The topological polar surface area (TPSA) is 80.7 Å². The molecule has 3 heterocycles. The predicted molar refractivity (Wildman–Crippen MR) is 79.1 cm³/mol. The number of likely N-dealkylation sites (tertiary alicyclic amines) is 1. The summed E-state index contributed by atoms with van der Waals surface area (Å²) >= 11 is 0. The van der Waals surface area contributed by atoms with Gasteiger partial charge in [-0.1, -0.05) is 0 Å². The highest BCUT2D eigenvalue weighted by molar-refractivity contribution is 5.81. The molecule has 2 fully saturated rings. The first-order valence-electron chi connectivity index (χ1n) is 7.59. The van der Waals surface area contributed by atoms with Crippen LogP contribution in [-0.2, 0) is 4.79 Å². The number of carbonyl (C=O) groups is 1. The van der Waals surface area contributed by atoms with Crippen molar-refractivity contribution in [2.75, 3.05) is 45.3 Å². The molecule has 0 aliphatic carbocycles. The molecule has 22 heavy (non-hydrogen) atoms. The lowest BCUT2D eigenvalue weighted by molar-refractivity contribution is -0.137. The van der Waals surface area contributed by atoms with Crippen LogP contribution in [-0.4, -0.2) is 66.2 Å². The van der Waals surface area contributed by atoms with Crippen molar-refractivity contribution in [3.05, 3.63) is 0 Å². The second-order valence-electron chi connectivity index (χ2n) is 5.60. The number of piperidine rings is 1. The van der Waals surface area contributed by atoms with Gasteiger partial charge in [-0.2, -0.15) is 9.97 Å². The molecule has 8 heteroatoms. The van der Waals surface area contributed by atoms with Gasteiger partial charge < -0.3 is 19.3 Å². The smallest absolute Gasteiger partial charge is 0.324 e. The number of hydrogen-bond acceptors (Lipinski definition) is 7. The SMILES string of the molecule is COc1nc(OC)nc(N2CC(C(=O)N3CCCCC3)C2)n1. The normalized spacial score (nSPS) is 18.8. The van der Waals surface area contributed by atoms with Crippen LogP contribution in [0, 0.1) is 5.92 Å². The zero-order chi connectivity index (χ0) is 15.5. The van der Waals surface area contributed by atoms with E-state index in [0.29, 0.717) is 19.0 Å². The molecule has 1 aromatic rings. The zero-order valence-electron chi connectivity index (χ0n) is 13.0. The van der Waals surface area contributed by atoms with Crippen LogP contribution in [0.5, 0.6) is 12.0 Å². The van der Waals surface area contributed by atoms with E-state index in [-0.39, 0.29) is 23.8 Å². The summed E-state index contributed by atoms with van der Waals surface area (Å²) in [6.45, 7) is 3.04. The summed E-state index contributed by atoms with van der Waals surface area (Å²) in [5, 5.41) is 0. The van der Waals surface area contributed by atoms with E-state index < -0.39 is 0 Å². The predicted octanol–water partition coefficient (Wildman–Crippen LogP) is 0.337. The van der Waals surface area contributed by atoms with Gasteiger partial charge in [-0.3, -0.25) is 4.79 Å². The Bertz CT molecular complexity index is 519. The first-order valence-corrected chi connectivity index (χ1v) is 7.59. The lowest BCUT2D eigenvalue weighted by Crippen LogP contribution is -2.55. The third kappa shape index (κ3) is 2.90. The Hall–Kier alpha value is -2.12. The van der Waals surface area contributed by atoms with Crippen LogP contribution in [0.4, 0.5) is 5.95 Å². The average molecular weight is 307 g/mol. The molecule has 0 saturated carbocycles. The summed E-state index contributed by atoms with van der Waals surface area (Å²) in [5.41, 5.74) is 0. The highest BCUT2D eigenvalue weighted by Gasteiger charge is 2.37. The van der Waals surface area contributed by atoms with E-state index in [1.807, 2.05) is 9.80 Å². The summed E-state index contributed by atoms with van der Waals surface area (Å²) < 4.78 is 10.1. The molecule has 1 aromatic heterocycles. The average Bonchev–Trinajstić information content (AvgIpc) is 2.53. The highest BCUT2D eigenvalue weighted by Crippen LogP contribution is 2.26. The number of ether oxygens (including phenoxy) is 2. The molecule has 8 nitrogen and oxygen atoms in total. The van der Waals surface area contributed by atoms with Crippen molar-refractivity contribution in [3.63, 3.8) is 0 Å². The molecule has 120 valence electrons. The van der Waals surface area contributed by atoms with E-state index in [0.717, 1.165) is 25.9 Å². The van der Waals surface area contributed by atoms with Gasteiger partial charge in [-0.05, 0) is 19.3 Å². The van der Waals surface area contributed by atoms with Crippen LogP contribution in [0.2, 0.25) is 0 Å². The van der Waals surface area contributed by atoms with E-state index in [1.54, 1.807) is 0 Å². The van der Waals surface area contributed by atoms with Crippen molar-refractivity contribution < 1.29 is 14.3 Å². The van der Waals surface area contributed by atoms with Crippen LogP contribution < -0.4 is 14.4 Å². The van der Waals surface area contributed by atoms with Crippen LogP contribution in [0.1, 0.15) is 19.3 Å². The molecule has 2 saturated heterocycles. The van der Waals surface area contributed by atoms with Crippen molar-refractivity contribution >= 4 is 11.9 Å². The first kappa shape index (κ1) is 14.8. The van der Waals surface area contributed by atoms with Crippen molar-refractivity contribution in [2.24, 2.45) is 5.92 Å². The minimum Gasteiger partial charge on any atom is -0.467 e. The van der Waals surface area contributed by atoms with Crippen molar-refractivity contribution in [2.45, 2.75) is 19.3 Å². The number of amides is 1. The Morgan fingerprint density at radius 2 is 1.59 bits per heavy atom. The molecule has 3 rings (SSSR count). The van der Waals surface area contributed by atoms with E-state index in [4.69, 9.17) is 9.47 Å². The molecule has 0 atom stereocenters. The standard InChI is InChI=1S/C14H21N5O3/c1-21-13-15-12(16-14(17-13)22-2)19-8-10(9-19)11(20)18-6-4-3-5-7-18/h10H,3-9H2,1-2H3. The van der Waals surface area contributed by atoms with Gasteiger partial charge in [0.05, 0.1) is 20.1 Å². The van der Waals surface area contributed by atoms with Crippen molar-refractivity contribution in [1.82, 2.24) is 19.9 Å². The van der Waals surface area contributed by atoms with Gasteiger partial charge in [0.1, 0.15) is 0 Å². The molecule has 0 unspecified atom stereocenters. The summed E-state index contributed by atoms with van der Waals surface area (Å²) in [5.74, 6) is 0.780. The fourth-order valence-corrected chi connectivity index (χ4v) is 2.82. The number of methoxy groups -OCH3 is 2. The van der Waals surface area contributed by atoms with Crippen LogP contribution in [0.3, 0.4) is 0 Å². The minimum absolute atomic E-state index is 0.0341. The molecule has 0 spiro atoms. The van der Waals surface area contributed by atoms with Crippen molar-refractivity contribution in [3.8, 4) is 12.0 Å². The molecule has 0 N–H and O–H groups in total. The van der Waals surface area contributed by atoms with Gasteiger partial charge in [0.15, 0.2) is 0 Å². The van der Waals surface area contributed by atoms with E-state index in [2.05, 4.69) is 15.0 Å². The van der Waals surface area contributed by atoms with E-state index in [9.17, 15) is 4.79 Å². The maximum Gasteiger partial charge on any atom is 0.324 e. The Morgan fingerprint density at radius 1 is 1.00 bits per heavy atom. The lowest BCUT2D eigenvalue weighted by atomic mass is 9.97. The quantitative estimate of drug-likeness (QED) is 0.793. The summed E-state index contributed by atoms with van der Waals surface area (Å²) in [7, 11) is 2.99. The van der Waals surface area contributed by atoms with E-state index in [1.165, 1.54) is 20.6 Å². The van der Waals surface area contributed by atoms with Crippen LogP contribution in [0.25, 0.3) is 0 Å². The first-order chi connectivity index (χ1) is 10.7. The summed E-state index contributed by atoms with van der Waals surface area (Å²) in [6, 6.07) is 0.431. The Balaban J connectivity index is 1.61. The summed E-state index contributed by atoms with van der Waals surface area (Å²) in [6.07, 6.45) is 3.46. The number of aromatic nitrogens is 3. The van der Waals surface area contributed by atoms with Gasteiger partial charge in [-0.25, -0.2) is 0 Å². The number of carbonyl (C=O) groups excluding carboxylic acids is 1. The van der Waals surface area contributed by atoms with Crippen LogP contribution in [0.15, 0.2) is 0 Å². The van der Waals surface area contributed by atoms with Gasteiger partial charge in [-0.15, -0.1) is 4.98 Å². The molecule has 1 amide bonds. The van der Waals surface area contributed by atoms with Gasteiger partial charge in [0, 0.05) is 26.2 Å². The van der Waals surface area contributed by atoms with Crippen LogP contribution >= 0.6 is 0 Å². The Labute approximate surface area is 129 Å². The molecule has 0 aromatic carbocycles. The molecule has 0 bridgehead atoms. The summed E-state index contributed by atoms with van der Waals surface area (Å²) in [4.78, 5) is 28.7. The number of anilines is 1. The molecule has 0 radical (unpaired) electrons. The molecule has 2 aliphatic rings. The molecule has 2 aliphatic heterocycles. The largest absolute Gasteiger partial charge is 0.467 e. The van der Waals surface area contributed by atoms with Gasteiger partial charge in [0.2, 0.25) is 11.9 Å². The number of hydrogen-bond donors (Lipinski definition) is 0.